The fourth-order valence-electron chi connectivity index (χ4n) is 2.35. The van der Waals surface area contributed by atoms with Crippen LogP contribution in [0.15, 0.2) is 34.8 Å². The molecule has 2 nitrogen and oxygen atoms in total. The van der Waals surface area contributed by atoms with E-state index in [1.54, 1.807) is 0 Å². The number of rotatable bonds is 4. The Morgan fingerprint density at radius 1 is 1.24 bits per heavy atom. The second-order valence-electron chi connectivity index (χ2n) is 4.84. The van der Waals surface area contributed by atoms with E-state index in [1.165, 1.54) is 5.56 Å². The third kappa shape index (κ3) is 3.38. The van der Waals surface area contributed by atoms with Gasteiger partial charge in [0.25, 0.3) is 0 Å². The summed E-state index contributed by atoms with van der Waals surface area (Å²) in [6.07, 6.45) is 0.909. The molecule has 3 rings (SSSR count). The van der Waals surface area contributed by atoms with Crippen LogP contribution in [0.1, 0.15) is 16.7 Å². The molecule has 0 atom stereocenters. The highest BCUT2D eigenvalue weighted by Gasteiger charge is 2.18. The van der Waals surface area contributed by atoms with E-state index < -0.39 is 0 Å². The van der Waals surface area contributed by atoms with Crippen molar-refractivity contribution in [1.29, 1.82) is 0 Å². The minimum Gasteiger partial charge on any atom is -0.493 e. The molecule has 5 heteroatoms. The van der Waals surface area contributed by atoms with Crippen molar-refractivity contribution in [3.63, 3.8) is 0 Å². The first-order valence-corrected chi connectivity index (χ1v) is 8.88. The van der Waals surface area contributed by atoms with Crippen molar-refractivity contribution in [2.45, 2.75) is 18.4 Å². The van der Waals surface area contributed by atoms with Gasteiger partial charge in [0.15, 0.2) is 0 Å². The topological polar surface area (TPSA) is 18.5 Å². The monoisotopic (exact) mass is 430 g/mol. The van der Waals surface area contributed by atoms with Gasteiger partial charge in [0.1, 0.15) is 18.1 Å². The Labute approximate surface area is 145 Å². The van der Waals surface area contributed by atoms with Crippen molar-refractivity contribution in [2.24, 2.45) is 0 Å². The van der Waals surface area contributed by atoms with Gasteiger partial charge < -0.3 is 9.47 Å². The van der Waals surface area contributed by atoms with Crippen molar-refractivity contribution < 1.29 is 9.47 Å². The summed E-state index contributed by atoms with van der Waals surface area (Å²) in [5.41, 5.74) is 3.35. The van der Waals surface area contributed by atoms with Crippen LogP contribution < -0.4 is 9.47 Å². The van der Waals surface area contributed by atoms with Gasteiger partial charge in [-0.3, -0.25) is 0 Å². The Morgan fingerprint density at radius 2 is 2.10 bits per heavy atom. The van der Waals surface area contributed by atoms with Gasteiger partial charge in [-0.1, -0.05) is 33.6 Å². The molecule has 0 aromatic heterocycles. The number of hydrogen-bond acceptors (Lipinski definition) is 2. The highest BCUT2D eigenvalue weighted by atomic mass is 79.9. The van der Waals surface area contributed by atoms with E-state index >= 15 is 0 Å². The van der Waals surface area contributed by atoms with Crippen molar-refractivity contribution in [3.05, 3.63) is 56.5 Å². The van der Waals surface area contributed by atoms with Crippen LogP contribution in [0.4, 0.5) is 0 Å². The van der Waals surface area contributed by atoms with Gasteiger partial charge in [-0.25, -0.2) is 0 Å². The zero-order valence-electron chi connectivity index (χ0n) is 11.2. The first-order chi connectivity index (χ1) is 10.2. The van der Waals surface area contributed by atoms with E-state index in [9.17, 15) is 0 Å². The summed E-state index contributed by atoms with van der Waals surface area (Å²) >= 11 is 13.1. The molecule has 1 heterocycles. The summed E-state index contributed by atoms with van der Waals surface area (Å²) in [5, 5.41) is 1.55. The van der Waals surface area contributed by atoms with Gasteiger partial charge in [0, 0.05) is 22.3 Å². The van der Waals surface area contributed by atoms with E-state index in [2.05, 4.69) is 31.9 Å². The lowest BCUT2D eigenvalue weighted by molar-refractivity contribution is 0.290. The van der Waals surface area contributed by atoms with E-state index in [4.69, 9.17) is 21.1 Å². The van der Waals surface area contributed by atoms with Gasteiger partial charge >= 0.3 is 0 Å². The summed E-state index contributed by atoms with van der Waals surface area (Å²) in [4.78, 5) is 0. The molecule has 0 amide bonds. The third-order valence-electron chi connectivity index (χ3n) is 3.36. The molecular formula is C16H13Br2ClO2. The van der Waals surface area contributed by atoms with Crippen LogP contribution in [-0.4, -0.2) is 6.61 Å². The van der Waals surface area contributed by atoms with Crippen molar-refractivity contribution in [2.75, 3.05) is 6.61 Å². The lowest BCUT2D eigenvalue weighted by atomic mass is 10.1. The average Bonchev–Trinajstić information content (AvgIpc) is 2.93. The Kier molecular flexibility index (Phi) is 4.77. The highest BCUT2D eigenvalue weighted by molar-refractivity contribution is 9.10. The largest absolute Gasteiger partial charge is 0.493 e. The summed E-state index contributed by atoms with van der Waals surface area (Å²) < 4.78 is 12.5. The summed E-state index contributed by atoms with van der Waals surface area (Å²) in [5.74, 6) is 1.74. The van der Waals surface area contributed by atoms with Crippen LogP contribution in [0.5, 0.6) is 11.5 Å². The SMILES string of the molecule is Clc1cc2c(c(COc3ccc(CBr)cc3Br)c1)OCC2. The van der Waals surface area contributed by atoms with Crippen LogP contribution >= 0.6 is 43.5 Å². The lowest BCUT2D eigenvalue weighted by Crippen LogP contribution is -1.99. The number of fused-ring (bicyclic) bond motifs is 1. The average molecular weight is 433 g/mol. The van der Waals surface area contributed by atoms with Gasteiger partial charge in [0.2, 0.25) is 0 Å². The second kappa shape index (κ2) is 6.59. The quantitative estimate of drug-likeness (QED) is 0.593. The van der Waals surface area contributed by atoms with Gasteiger partial charge in [-0.15, -0.1) is 0 Å². The third-order valence-corrected chi connectivity index (χ3v) is 4.84. The van der Waals surface area contributed by atoms with Crippen LogP contribution in [-0.2, 0) is 18.4 Å². The van der Waals surface area contributed by atoms with Crippen molar-refractivity contribution in [1.82, 2.24) is 0 Å². The minimum atomic E-state index is 0.440. The smallest absolute Gasteiger partial charge is 0.134 e. The molecule has 21 heavy (non-hydrogen) atoms. The number of alkyl halides is 1. The number of ether oxygens (including phenoxy) is 2. The predicted octanol–water partition coefficient (Wildman–Crippen LogP) is 5.51. The molecule has 0 radical (unpaired) electrons. The van der Waals surface area contributed by atoms with Crippen LogP contribution in [0.2, 0.25) is 5.02 Å². The van der Waals surface area contributed by atoms with Gasteiger partial charge in [-0.2, -0.15) is 0 Å². The molecule has 2 aromatic rings. The molecule has 0 saturated heterocycles. The maximum Gasteiger partial charge on any atom is 0.134 e. The fraction of sp³-hybridized carbons (Fsp3) is 0.250. The maximum absolute atomic E-state index is 6.16. The number of hydrogen-bond donors (Lipinski definition) is 0. The van der Waals surface area contributed by atoms with E-state index in [0.717, 1.165) is 43.9 Å². The molecular weight excluding hydrogens is 419 g/mol. The highest BCUT2D eigenvalue weighted by Crippen LogP contribution is 2.34. The fourth-order valence-corrected chi connectivity index (χ4v) is 3.51. The molecule has 0 N–H and O–H groups in total. The van der Waals surface area contributed by atoms with Crippen molar-refractivity contribution >= 4 is 43.5 Å². The molecule has 0 fully saturated rings. The van der Waals surface area contributed by atoms with Crippen LogP contribution in [0.3, 0.4) is 0 Å². The molecule has 110 valence electrons. The lowest BCUT2D eigenvalue weighted by Gasteiger charge is -2.12. The maximum atomic E-state index is 6.16. The number of benzene rings is 2. The summed E-state index contributed by atoms with van der Waals surface area (Å²) in [6, 6.07) is 9.92. The molecule has 0 aliphatic carbocycles. The molecule has 0 spiro atoms. The zero-order valence-corrected chi connectivity index (χ0v) is 15.1. The first kappa shape index (κ1) is 15.2. The standard InChI is InChI=1S/C16H13Br2ClO2/c17-8-10-1-2-15(14(18)5-10)21-9-12-7-13(19)6-11-3-4-20-16(11)12/h1-2,5-7H,3-4,8-9H2. The molecule has 2 aromatic carbocycles. The Bertz CT molecular complexity index is 674. The zero-order chi connectivity index (χ0) is 14.8. The second-order valence-corrected chi connectivity index (χ2v) is 6.69. The van der Waals surface area contributed by atoms with Crippen LogP contribution in [0.25, 0.3) is 0 Å². The van der Waals surface area contributed by atoms with E-state index in [1.807, 2.05) is 30.3 Å². The van der Waals surface area contributed by atoms with Crippen molar-refractivity contribution in [3.8, 4) is 11.5 Å². The molecule has 0 unspecified atom stereocenters. The molecule has 1 aliphatic heterocycles. The van der Waals surface area contributed by atoms with Gasteiger partial charge in [0.05, 0.1) is 11.1 Å². The normalized spacial score (nSPS) is 12.9. The predicted molar refractivity (Wildman–Crippen MR) is 91.8 cm³/mol. The Hall–Kier alpha value is -0.710. The Morgan fingerprint density at radius 3 is 2.86 bits per heavy atom. The number of halogens is 3. The molecule has 0 saturated carbocycles. The van der Waals surface area contributed by atoms with Crippen LogP contribution in [0, 0.1) is 0 Å². The summed E-state index contributed by atoms with van der Waals surface area (Å²) in [6.45, 7) is 1.15. The minimum absolute atomic E-state index is 0.440. The molecule has 0 bridgehead atoms. The van der Waals surface area contributed by atoms with E-state index in [-0.39, 0.29) is 0 Å². The molecule has 1 aliphatic rings. The first-order valence-electron chi connectivity index (χ1n) is 6.58. The Balaban J connectivity index is 1.79. The van der Waals surface area contributed by atoms with E-state index in [0.29, 0.717) is 13.2 Å². The van der Waals surface area contributed by atoms with Gasteiger partial charge in [-0.05, 0) is 51.3 Å². The summed E-state index contributed by atoms with van der Waals surface area (Å²) in [7, 11) is 0.